The highest BCUT2D eigenvalue weighted by Gasteiger charge is 2.57. The fourth-order valence-corrected chi connectivity index (χ4v) is 9.67. The summed E-state index contributed by atoms with van der Waals surface area (Å²) in [5, 5.41) is 13.5. The van der Waals surface area contributed by atoms with Crippen molar-refractivity contribution in [2.24, 2.45) is 5.41 Å². The lowest BCUT2D eigenvalue weighted by atomic mass is 9.73. The number of aliphatic hydroxyl groups is 1. The number of rotatable bonds is 8. The lowest BCUT2D eigenvalue weighted by Crippen LogP contribution is -2.60. The van der Waals surface area contributed by atoms with Crippen molar-refractivity contribution < 1.29 is 19.0 Å². The van der Waals surface area contributed by atoms with Crippen LogP contribution in [0.25, 0.3) is 22.3 Å². The van der Waals surface area contributed by atoms with Crippen molar-refractivity contribution in [3.05, 3.63) is 60.4 Å². The highest BCUT2D eigenvalue weighted by atomic mass is 19.1. The Morgan fingerprint density at radius 3 is 2.56 bits per heavy atom. The molecule has 52 heavy (non-hydrogen) atoms. The average Bonchev–Trinajstić information content (AvgIpc) is 3.72. The number of aromatic nitrogens is 4. The van der Waals surface area contributed by atoms with E-state index in [0.29, 0.717) is 23.6 Å². The molecule has 12 heteroatoms. The van der Waals surface area contributed by atoms with E-state index in [1.165, 1.54) is 6.20 Å². The predicted molar refractivity (Wildman–Crippen MR) is 198 cm³/mol. The van der Waals surface area contributed by atoms with Gasteiger partial charge in [-0.1, -0.05) is 26.0 Å². The third-order valence-electron chi connectivity index (χ3n) is 12.6. The number of nitrogens with zero attached hydrogens (tertiary/aromatic N) is 7. The highest BCUT2D eigenvalue weighted by molar-refractivity contribution is 6.09. The van der Waals surface area contributed by atoms with Crippen LogP contribution in [0.4, 0.5) is 21.6 Å². The Morgan fingerprint density at radius 1 is 1.08 bits per heavy atom. The number of likely N-dealkylation sites (tertiary alicyclic amines) is 2. The second-order valence-electron chi connectivity index (χ2n) is 16.8. The van der Waals surface area contributed by atoms with Crippen molar-refractivity contribution in [2.75, 3.05) is 49.7 Å². The molecule has 4 fully saturated rings. The molecule has 274 valence electrons. The fraction of sp³-hybridized carbons (Fsp3) is 0.550. The van der Waals surface area contributed by atoms with Crippen molar-refractivity contribution in [1.29, 1.82) is 0 Å². The van der Waals surface area contributed by atoms with E-state index in [9.17, 15) is 14.3 Å². The maximum absolute atomic E-state index is 14.9. The van der Waals surface area contributed by atoms with E-state index in [-0.39, 0.29) is 41.7 Å². The van der Waals surface area contributed by atoms with E-state index in [1.54, 1.807) is 18.6 Å². The summed E-state index contributed by atoms with van der Waals surface area (Å²) in [5.74, 6) is 0.269. The number of nitrogens with one attached hydrogen (secondary N) is 1. The van der Waals surface area contributed by atoms with Crippen LogP contribution in [-0.4, -0.2) is 104 Å². The Hall–Kier alpha value is -3.97. The van der Waals surface area contributed by atoms with Crippen molar-refractivity contribution >= 4 is 34.1 Å². The summed E-state index contributed by atoms with van der Waals surface area (Å²) in [6.45, 7) is 13.2. The van der Waals surface area contributed by atoms with Gasteiger partial charge in [0.15, 0.2) is 11.6 Å². The van der Waals surface area contributed by atoms with Crippen molar-refractivity contribution in [2.45, 2.75) is 95.4 Å². The topological polar surface area (TPSA) is 112 Å². The smallest absolute Gasteiger partial charge is 0.238 e. The summed E-state index contributed by atoms with van der Waals surface area (Å²) in [6, 6.07) is 11.2. The number of fused-ring (bicyclic) bond motifs is 3. The number of benzene rings is 1. The van der Waals surface area contributed by atoms with E-state index < -0.39 is 11.2 Å². The average molecular weight is 709 g/mol. The van der Waals surface area contributed by atoms with Gasteiger partial charge in [-0.15, -0.1) is 0 Å². The largest absolute Gasteiger partial charge is 0.395 e. The number of carbonyl (C=O) groups excluding carboxylic acids is 1. The van der Waals surface area contributed by atoms with E-state index in [0.717, 1.165) is 92.8 Å². The minimum atomic E-state index is -0.553. The third-order valence-corrected chi connectivity index (χ3v) is 12.6. The van der Waals surface area contributed by atoms with E-state index in [4.69, 9.17) is 14.7 Å². The molecule has 0 radical (unpaired) electrons. The molecule has 5 aliphatic rings. The van der Waals surface area contributed by atoms with Crippen LogP contribution in [0, 0.1) is 11.2 Å². The van der Waals surface area contributed by atoms with Gasteiger partial charge in [-0.05, 0) is 88.2 Å². The van der Waals surface area contributed by atoms with Gasteiger partial charge in [-0.25, -0.2) is 14.4 Å². The molecule has 7 heterocycles. The van der Waals surface area contributed by atoms with E-state index in [1.807, 2.05) is 10.6 Å². The standard InChI is InChI=1S/C40H49FN8O3/c1-24(2)48-23-43-34-16-33(45-37(36(34)48)44-32-7-10-42-18-31(32)41)25-5-6-30-35(13-25)49(27-14-26(15-27)47-22-39(3,4)17-28(47)19-50)38(51)40(30)8-11-46(12-9-40)29-20-52-21-29/h5-7,10,13,16,18,23-24,26-29,50H,8-9,11-12,14-15,17,19-22H2,1-4H3,(H,42,44,45)/t26?,27?,28-/m1/s1. The molecule has 11 nitrogen and oxygen atoms in total. The van der Waals surface area contributed by atoms with Crippen LogP contribution in [0.15, 0.2) is 49.1 Å². The Balaban J connectivity index is 1.09. The van der Waals surface area contributed by atoms with Crippen molar-refractivity contribution in [3.8, 4) is 11.3 Å². The normalized spacial score (nSPS) is 25.9. The molecule has 1 aromatic carbocycles. The zero-order valence-corrected chi connectivity index (χ0v) is 30.6. The van der Waals surface area contributed by atoms with E-state index >= 15 is 0 Å². The van der Waals surface area contributed by atoms with Gasteiger partial charge in [0.05, 0.1) is 60.7 Å². The summed E-state index contributed by atoms with van der Waals surface area (Å²) < 4.78 is 22.4. The van der Waals surface area contributed by atoms with Gasteiger partial charge < -0.3 is 24.6 Å². The number of carbonyl (C=O) groups is 1. The zero-order valence-electron chi connectivity index (χ0n) is 30.6. The van der Waals surface area contributed by atoms with Crippen LogP contribution >= 0.6 is 0 Å². The molecule has 0 unspecified atom stereocenters. The Kier molecular flexibility index (Phi) is 8.18. The van der Waals surface area contributed by atoms with Crippen LogP contribution in [0.2, 0.25) is 0 Å². The maximum Gasteiger partial charge on any atom is 0.238 e. The monoisotopic (exact) mass is 708 g/mol. The maximum atomic E-state index is 14.9. The van der Waals surface area contributed by atoms with Gasteiger partial charge in [0.25, 0.3) is 0 Å². The first-order valence-corrected chi connectivity index (χ1v) is 19.0. The lowest BCUT2D eigenvalue weighted by molar-refractivity contribution is -0.128. The van der Waals surface area contributed by atoms with Gasteiger partial charge in [0.1, 0.15) is 5.52 Å². The molecule has 4 aromatic rings. The van der Waals surface area contributed by atoms with Crippen LogP contribution in [-0.2, 0) is 14.9 Å². The molecule has 1 atom stereocenters. The SMILES string of the molecule is CC(C)n1cnc2cc(-c3ccc4c(c3)N(C3CC(N5CC(C)(C)C[C@@H]5CO)C3)C(=O)C43CCN(C4COC4)CC3)nc(Nc3ccncc3F)c21. The molecule has 0 bridgehead atoms. The molecular formula is C40H49FN8O3. The van der Waals surface area contributed by atoms with Gasteiger partial charge in [-0.3, -0.25) is 19.6 Å². The molecule has 1 aliphatic carbocycles. The number of halogens is 1. The molecule has 4 aliphatic heterocycles. The first-order chi connectivity index (χ1) is 25.0. The molecule has 9 rings (SSSR count). The van der Waals surface area contributed by atoms with Crippen molar-refractivity contribution in [3.63, 3.8) is 0 Å². The van der Waals surface area contributed by atoms with Crippen LogP contribution in [0.1, 0.15) is 71.4 Å². The fourth-order valence-electron chi connectivity index (χ4n) is 9.67. The van der Waals surface area contributed by atoms with E-state index in [2.05, 4.69) is 70.9 Å². The number of pyridine rings is 2. The number of ether oxygens (including phenoxy) is 1. The molecule has 1 amide bonds. The Bertz CT molecular complexity index is 2010. The van der Waals surface area contributed by atoms with Gasteiger partial charge in [0.2, 0.25) is 5.91 Å². The Morgan fingerprint density at radius 2 is 1.87 bits per heavy atom. The first-order valence-electron chi connectivity index (χ1n) is 19.0. The first kappa shape index (κ1) is 33.8. The Labute approximate surface area is 304 Å². The number of hydrogen-bond acceptors (Lipinski definition) is 9. The second-order valence-corrected chi connectivity index (χ2v) is 16.8. The summed E-state index contributed by atoms with van der Waals surface area (Å²) in [4.78, 5) is 35.8. The van der Waals surface area contributed by atoms with Gasteiger partial charge >= 0.3 is 0 Å². The van der Waals surface area contributed by atoms with Crippen molar-refractivity contribution in [1.82, 2.24) is 29.3 Å². The third kappa shape index (κ3) is 5.44. The zero-order chi connectivity index (χ0) is 35.9. The number of amides is 1. The van der Waals surface area contributed by atoms with Crippen LogP contribution in [0.5, 0.6) is 0 Å². The molecule has 1 spiro atoms. The number of anilines is 3. The summed E-state index contributed by atoms with van der Waals surface area (Å²) in [5.41, 5.74) is 5.13. The number of piperidine rings is 1. The molecule has 3 saturated heterocycles. The summed E-state index contributed by atoms with van der Waals surface area (Å²) in [6.07, 6.45) is 8.90. The van der Waals surface area contributed by atoms with Crippen LogP contribution in [0.3, 0.4) is 0 Å². The highest BCUT2D eigenvalue weighted by Crippen LogP contribution is 2.53. The molecule has 3 aromatic heterocycles. The van der Waals surface area contributed by atoms with Gasteiger partial charge in [0, 0.05) is 48.2 Å². The molecular weight excluding hydrogens is 659 g/mol. The molecule has 1 saturated carbocycles. The minimum Gasteiger partial charge on any atom is -0.395 e. The van der Waals surface area contributed by atoms with Gasteiger partial charge in [-0.2, -0.15) is 0 Å². The number of aliphatic hydroxyl groups excluding tert-OH is 1. The number of imidazole rings is 1. The molecule has 2 N–H and O–H groups in total. The quantitative estimate of drug-likeness (QED) is 0.240. The predicted octanol–water partition coefficient (Wildman–Crippen LogP) is 5.66. The van der Waals surface area contributed by atoms with Crippen LogP contribution < -0.4 is 10.2 Å². The minimum absolute atomic E-state index is 0.0936. The lowest BCUT2D eigenvalue weighted by Gasteiger charge is -2.48. The second kappa shape index (κ2) is 12.6. The number of hydrogen-bond donors (Lipinski definition) is 2. The summed E-state index contributed by atoms with van der Waals surface area (Å²) in [7, 11) is 0. The summed E-state index contributed by atoms with van der Waals surface area (Å²) >= 11 is 0.